The minimum Gasteiger partial charge on any atom is -0.471 e. The van der Waals surface area contributed by atoms with Gasteiger partial charge in [-0.15, -0.1) is 0 Å². The van der Waals surface area contributed by atoms with Crippen LogP contribution >= 0.6 is 0 Å². The lowest BCUT2D eigenvalue weighted by atomic mass is 10.2. The number of alkyl halides is 6. The lowest BCUT2D eigenvalue weighted by Crippen LogP contribution is -2.46. The van der Waals surface area contributed by atoms with Gasteiger partial charge in [-0.1, -0.05) is 0 Å². The molecule has 1 rings (SSSR count). The molecular formula is C10H8F7NO. The molecule has 2 N–H and O–H groups in total. The van der Waals surface area contributed by atoms with Crippen LogP contribution in [0.15, 0.2) is 18.2 Å². The lowest BCUT2D eigenvalue weighted by molar-refractivity contribution is -0.299. The van der Waals surface area contributed by atoms with E-state index >= 15 is 0 Å². The number of hydrogen-bond acceptors (Lipinski definition) is 2. The Kier molecular flexibility index (Phi) is 4.28. The van der Waals surface area contributed by atoms with Crippen LogP contribution in [-0.4, -0.2) is 18.5 Å². The van der Waals surface area contributed by atoms with Crippen molar-refractivity contribution in [1.82, 2.24) is 0 Å². The van der Waals surface area contributed by atoms with Crippen molar-refractivity contribution < 1.29 is 35.5 Å². The molecule has 0 saturated heterocycles. The highest BCUT2D eigenvalue weighted by molar-refractivity contribution is 5.30. The van der Waals surface area contributed by atoms with E-state index in [1.165, 1.54) is 0 Å². The van der Waals surface area contributed by atoms with Gasteiger partial charge in [0, 0.05) is 12.6 Å². The van der Waals surface area contributed by atoms with Gasteiger partial charge in [0.2, 0.25) is 0 Å². The maximum atomic E-state index is 13.0. The van der Waals surface area contributed by atoms with E-state index in [-0.39, 0.29) is 12.1 Å². The second-order valence-corrected chi connectivity index (χ2v) is 3.58. The highest BCUT2D eigenvalue weighted by Crippen LogP contribution is 2.36. The number of halogens is 7. The number of ether oxygens (including phenoxy) is 1. The molecule has 0 amide bonds. The molecule has 0 heterocycles. The molecule has 1 aromatic carbocycles. The predicted molar refractivity (Wildman–Crippen MR) is 50.8 cm³/mol. The summed E-state index contributed by atoms with van der Waals surface area (Å²) in [5, 5.41) is 0. The van der Waals surface area contributed by atoms with E-state index in [0.29, 0.717) is 6.07 Å². The molecule has 0 spiro atoms. The van der Waals surface area contributed by atoms with Crippen molar-refractivity contribution >= 4 is 0 Å². The summed E-state index contributed by atoms with van der Waals surface area (Å²) >= 11 is 0. The molecule has 0 aliphatic heterocycles. The predicted octanol–water partition coefficient (Wildman–Crippen LogP) is 3.16. The van der Waals surface area contributed by atoms with E-state index in [1.807, 2.05) is 0 Å². The van der Waals surface area contributed by atoms with Gasteiger partial charge in [-0.3, -0.25) is 0 Å². The molecule has 0 atom stereocenters. The molecular weight excluding hydrogens is 283 g/mol. The smallest absolute Gasteiger partial charge is 0.434 e. The highest BCUT2D eigenvalue weighted by atomic mass is 19.4. The van der Waals surface area contributed by atoms with E-state index in [1.54, 1.807) is 0 Å². The molecule has 0 radical (unpaired) electrons. The molecule has 1 aromatic rings. The molecule has 0 unspecified atom stereocenters. The summed E-state index contributed by atoms with van der Waals surface area (Å²) in [4.78, 5) is 0. The molecule has 0 aromatic heterocycles. The molecule has 0 fully saturated rings. The van der Waals surface area contributed by atoms with Gasteiger partial charge in [0.15, 0.2) is 0 Å². The Morgan fingerprint density at radius 2 is 1.53 bits per heavy atom. The summed E-state index contributed by atoms with van der Waals surface area (Å²) in [5.74, 6) is -1.93. The summed E-state index contributed by atoms with van der Waals surface area (Å²) in [6.07, 6.45) is -15.3. The van der Waals surface area contributed by atoms with Crippen LogP contribution < -0.4 is 10.5 Å². The minimum absolute atomic E-state index is 0.0121. The largest absolute Gasteiger partial charge is 0.471 e. The first kappa shape index (κ1) is 15.5. The van der Waals surface area contributed by atoms with Gasteiger partial charge in [0.25, 0.3) is 6.10 Å². The standard InChI is InChI=1S/C10H8F7NO/c11-6-1-5(4-18)2-7(3-6)19-8(9(12,13)14)10(15,16)17/h1-3,8H,4,18H2. The third-order valence-electron chi connectivity index (χ3n) is 2.02. The van der Waals surface area contributed by atoms with Gasteiger partial charge in [-0.2, -0.15) is 26.3 Å². The Bertz CT molecular complexity index is 426. The van der Waals surface area contributed by atoms with Crippen molar-refractivity contribution in [2.75, 3.05) is 0 Å². The lowest BCUT2D eigenvalue weighted by Gasteiger charge is -2.24. The van der Waals surface area contributed by atoms with E-state index < -0.39 is 30.0 Å². The van der Waals surface area contributed by atoms with Crippen LogP contribution in [0.4, 0.5) is 30.7 Å². The molecule has 19 heavy (non-hydrogen) atoms. The quantitative estimate of drug-likeness (QED) is 0.868. The Balaban J connectivity index is 3.07. The second kappa shape index (κ2) is 5.24. The Labute approximate surface area is 103 Å². The Hall–Kier alpha value is -1.51. The maximum Gasteiger partial charge on any atom is 0.434 e. The fourth-order valence-corrected chi connectivity index (χ4v) is 1.26. The second-order valence-electron chi connectivity index (χ2n) is 3.58. The number of nitrogens with two attached hydrogens (primary N) is 1. The van der Waals surface area contributed by atoms with Crippen LogP contribution in [0.25, 0.3) is 0 Å². The molecule has 0 aliphatic rings. The van der Waals surface area contributed by atoms with E-state index in [0.717, 1.165) is 12.1 Å². The summed E-state index contributed by atoms with van der Waals surface area (Å²) in [6.45, 7) is -0.253. The van der Waals surface area contributed by atoms with E-state index in [2.05, 4.69) is 4.74 Å². The number of benzene rings is 1. The van der Waals surface area contributed by atoms with Gasteiger partial charge in [0.05, 0.1) is 0 Å². The van der Waals surface area contributed by atoms with Crippen molar-refractivity contribution in [2.24, 2.45) is 5.73 Å². The summed E-state index contributed by atoms with van der Waals surface area (Å²) in [6, 6.07) is 2.11. The monoisotopic (exact) mass is 291 g/mol. The zero-order valence-corrected chi connectivity index (χ0v) is 9.15. The molecule has 0 bridgehead atoms. The van der Waals surface area contributed by atoms with Crippen LogP contribution in [0, 0.1) is 5.82 Å². The molecule has 108 valence electrons. The summed E-state index contributed by atoms with van der Waals surface area (Å²) < 4.78 is 90.1. The van der Waals surface area contributed by atoms with Crippen molar-refractivity contribution in [1.29, 1.82) is 0 Å². The number of rotatable bonds is 3. The SMILES string of the molecule is NCc1cc(F)cc(OC(C(F)(F)F)C(F)(F)F)c1. The topological polar surface area (TPSA) is 35.2 Å². The normalized spacial score (nSPS) is 12.9. The van der Waals surface area contributed by atoms with Crippen molar-refractivity contribution in [2.45, 2.75) is 25.0 Å². The molecule has 0 saturated carbocycles. The van der Waals surface area contributed by atoms with Crippen molar-refractivity contribution in [3.63, 3.8) is 0 Å². The van der Waals surface area contributed by atoms with E-state index in [9.17, 15) is 30.7 Å². The van der Waals surface area contributed by atoms with Gasteiger partial charge in [0.1, 0.15) is 11.6 Å². The summed E-state index contributed by atoms with van der Waals surface area (Å²) in [5.41, 5.74) is 5.14. The van der Waals surface area contributed by atoms with E-state index in [4.69, 9.17) is 5.73 Å². The molecule has 2 nitrogen and oxygen atoms in total. The highest BCUT2D eigenvalue weighted by Gasteiger charge is 2.59. The summed E-state index contributed by atoms with van der Waals surface area (Å²) in [7, 11) is 0. The van der Waals surface area contributed by atoms with Crippen LogP contribution in [0.2, 0.25) is 0 Å². The maximum absolute atomic E-state index is 13.0. The first-order chi connectivity index (χ1) is 8.54. The Morgan fingerprint density at radius 1 is 1.00 bits per heavy atom. The average Bonchev–Trinajstić information content (AvgIpc) is 2.22. The Morgan fingerprint density at radius 3 is 1.95 bits per heavy atom. The van der Waals surface area contributed by atoms with Crippen molar-refractivity contribution in [3.8, 4) is 5.75 Å². The first-order valence-electron chi connectivity index (χ1n) is 4.83. The first-order valence-corrected chi connectivity index (χ1v) is 4.83. The third kappa shape index (κ3) is 4.27. The zero-order chi connectivity index (χ0) is 14.8. The van der Waals surface area contributed by atoms with Crippen LogP contribution in [-0.2, 0) is 6.54 Å². The number of hydrogen-bond donors (Lipinski definition) is 1. The fourth-order valence-electron chi connectivity index (χ4n) is 1.26. The van der Waals surface area contributed by atoms with Crippen LogP contribution in [0.3, 0.4) is 0 Å². The van der Waals surface area contributed by atoms with Gasteiger partial charge >= 0.3 is 12.4 Å². The third-order valence-corrected chi connectivity index (χ3v) is 2.02. The molecule has 9 heteroatoms. The minimum atomic E-state index is -5.66. The fraction of sp³-hybridized carbons (Fsp3) is 0.400. The van der Waals surface area contributed by atoms with Crippen LogP contribution in [0.1, 0.15) is 5.56 Å². The average molecular weight is 291 g/mol. The van der Waals surface area contributed by atoms with Crippen molar-refractivity contribution in [3.05, 3.63) is 29.6 Å². The van der Waals surface area contributed by atoms with Gasteiger partial charge in [-0.25, -0.2) is 4.39 Å². The molecule has 0 aliphatic carbocycles. The van der Waals surface area contributed by atoms with Gasteiger partial charge in [-0.05, 0) is 17.7 Å². The zero-order valence-electron chi connectivity index (χ0n) is 9.15. The van der Waals surface area contributed by atoms with Gasteiger partial charge < -0.3 is 10.5 Å². The van der Waals surface area contributed by atoms with Crippen LogP contribution in [0.5, 0.6) is 5.75 Å².